The molecule has 0 saturated carbocycles. The minimum Gasteiger partial charge on any atom is -0.362 e. The molecule has 2 aromatic heterocycles. The van der Waals surface area contributed by atoms with Crippen molar-refractivity contribution in [3.8, 4) is 0 Å². The van der Waals surface area contributed by atoms with Gasteiger partial charge >= 0.3 is 5.69 Å². The Hall–Kier alpha value is -2.77. The van der Waals surface area contributed by atoms with Crippen molar-refractivity contribution in [1.29, 1.82) is 0 Å². The van der Waals surface area contributed by atoms with Gasteiger partial charge in [0.15, 0.2) is 0 Å². The molecule has 0 radical (unpaired) electrons. The summed E-state index contributed by atoms with van der Waals surface area (Å²) in [4.78, 5) is 22.7. The van der Waals surface area contributed by atoms with E-state index in [2.05, 4.69) is 25.6 Å². The number of aromatic nitrogens is 3. The lowest BCUT2D eigenvalue weighted by Crippen LogP contribution is -2.14. The summed E-state index contributed by atoms with van der Waals surface area (Å²) in [6, 6.07) is 3.71. The molecule has 2 rings (SSSR count). The van der Waals surface area contributed by atoms with Gasteiger partial charge in [-0.15, -0.1) is 0 Å². The molecule has 2 N–H and O–H groups in total. The number of nitrogens with one attached hydrogen (secondary N) is 2. The third-order valence-electron chi connectivity index (χ3n) is 2.61. The first-order valence-corrected chi connectivity index (χ1v) is 6.46. The van der Waals surface area contributed by atoms with Crippen LogP contribution in [-0.4, -0.2) is 25.9 Å². The van der Waals surface area contributed by atoms with E-state index in [-0.39, 0.29) is 23.4 Å². The molecule has 21 heavy (non-hydrogen) atoms. The Balaban J connectivity index is 2.24. The van der Waals surface area contributed by atoms with Crippen LogP contribution in [0, 0.1) is 10.1 Å². The van der Waals surface area contributed by atoms with Gasteiger partial charge < -0.3 is 10.6 Å². The van der Waals surface area contributed by atoms with E-state index in [1.54, 1.807) is 18.5 Å². The molecule has 2 heterocycles. The Labute approximate surface area is 121 Å². The van der Waals surface area contributed by atoms with E-state index in [4.69, 9.17) is 0 Å². The highest BCUT2D eigenvalue weighted by Gasteiger charge is 2.23. The molecule has 0 saturated heterocycles. The standard InChI is InChI=1S/C13H16N6O2/c1-9(2)18-13-11(19(20)21)12(16-8-17-13)15-7-10-4-3-5-14-6-10/h3-6,8-9H,7H2,1-2H3,(H2,15,16,17,18). The summed E-state index contributed by atoms with van der Waals surface area (Å²) in [5, 5.41) is 17.2. The SMILES string of the molecule is CC(C)Nc1ncnc(NCc2cccnc2)c1[N+](=O)[O-]. The zero-order valence-corrected chi connectivity index (χ0v) is 11.8. The maximum Gasteiger partial charge on any atom is 0.353 e. The smallest absolute Gasteiger partial charge is 0.353 e. The van der Waals surface area contributed by atoms with E-state index in [1.165, 1.54) is 6.33 Å². The van der Waals surface area contributed by atoms with Crippen molar-refractivity contribution in [2.75, 3.05) is 10.6 Å². The third-order valence-corrected chi connectivity index (χ3v) is 2.61. The van der Waals surface area contributed by atoms with Gasteiger partial charge in [0.05, 0.1) is 4.92 Å². The van der Waals surface area contributed by atoms with Crippen molar-refractivity contribution in [3.05, 3.63) is 46.5 Å². The lowest BCUT2D eigenvalue weighted by atomic mass is 10.3. The Kier molecular flexibility index (Phi) is 4.60. The molecular formula is C13H16N6O2. The van der Waals surface area contributed by atoms with Crippen molar-refractivity contribution >= 4 is 17.3 Å². The molecule has 0 aliphatic heterocycles. The Morgan fingerprint density at radius 1 is 1.33 bits per heavy atom. The fourth-order valence-electron chi connectivity index (χ4n) is 1.75. The molecule has 0 atom stereocenters. The minimum absolute atomic E-state index is 0.0322. The van der Waals surface area contributed by atoms with Gasteiger partial charge in [-0.3, -0.25) is 15.1 Å². The molecule has 0 bridgehead atoms. The van der Waals surface area contributed by atoms with Crippen LogP contribution < -0.4 is 10.6 Å². The fourth-order valence-corrected chi connectivity index (χ4v) is 1.75. The van der Waals surface area contributed by atoms with Crippen LogP contribution in [0.15, 0.2) is 30.9 Å². The average molecular weight is 288 g/mol. The fraction of sp³-hybridized carbons (Fsp3) is 0.308. The van der Waals surface area contributed by atoms with Gasteiger partial charge in [0.1, 0.15) is 6.33 Å². The van der Waals surface area contributed by atoms with Crippen molar-refractivity contribution in [3.63, 3.8) is 0 Å². The summed E-state index contributed by atoms with van der Waals surface area (Å²) in [6.45, 7) is 4.16. The second-order valence-electron chi connectivity index (χ2n) is 4.69. The van der Waals surface area contributed by atoms with Gasteiger partial charge in [-0.25, -0.2) is 9.97 Å². The zero-order chi connectivity index (χ0) is 15.2. The summed E-state index contributed by atoms with van der Waals surface area (Å²) < 4.78 is 0. The van der Waals surface area contributed by atoms with Gasteiger partial charge in [0.2, 0.25) is 11.6 Å². The number of nitrogens with zero attached hydrogens (tertiary/aromatic N) is 4. The van der Waals surface area contributed by atoms with Crippen molar-refractivity contribution < 1.29 is 4.92 Å². The number of hydrogen-bond donors (Lipinski definition) is 2. The maximum absolute atomic E-state index is 11.3. The Bertz CT molecular complexity index is 617. The first-order chi connectivity index (χ1) is 10.1. The van der Waals surface area contributed by atoms with Gasteiger partial charge in [-0.2, -0.15) is 0 Å². The summed E-state index contributed by atoms with van der Waals surface area (Å²) in [7, 11) is 0. The second-order valence-corrected chi connectivity index (χ2v) is 4.69. The number of anilines is 2. The maximum atomic E-state index is 11.3. The molecule has 0 aromatic carbocycles. The van der Waals surface area contributed by atoms with E-state index in [1.807, 2.05) is 19.9 Å². The van der Waals surface area contributed by atoms with Crippen LogP contribution in [0.1, 0.15) is 19.4 Å². The van der Waals surface area contributed by atoms with E-state index in [0.29, 0.717) is 6.54 Å². The quantitative estimate of drug-likeness (QED) is 0.620. The van der Waals surface area contributed by atoms with E-state index < -0.39 is 4.92 Å². The van der Waals surface area contributed by atoms with E-state index >= 15 is 0 Å². The molecule has 8 heteroatoms. The Morgan fingerprint density at radius 2 is 2.10 bits per heavy atom. The average Bonchev–Trinajstić information content (AvgIpc) is 2.45. The molecule has 0 aliphatic rings. The molecule has 2 aromatic rings. The summed E-state index contributed by atoms with van der Waals surface area (Å²) in [5.74, 6) is 0.390. The van der Waals surface area contributed by atoms with Crippen molar-refractivity contribution in [2.45, 2.75) is 26.4 Å². The van der Waals surface area contributed by atoms with Crippen LogP contribution in [-0.2, 0) is 6.54 Å². The van der Waals surface area contributed by atoms with Crippen LogP contribution in [0.2, 0.25) is 0 Å². The van der Waals surface area contributed by atoms with E-state index in [9.17, 15) is 10.1 Å². The predicted molar refractivity (Wildman–Crippen MR) is 79.0 cm³/mol. The lowest BCUT2D eigenvalue weighted by Gasteiger charge is -2.11. The molecule has 0 unspecified atom stereocenters. The molecule has 0 amide bonds. The second kappa shape index (κ2) is 6.60. The molecular weight excluding hydrogens is 272 g/mol. The topological polar surface area (TPSA) is 106 Å². The summed E-state index contributed by atoms with van der Waals surface area (Å²) in [5.41, 5.74) is 0.749. The molecule has 0 spiro atoms. The molecule has 0 aliphatic carbocycles. The van der Waals surface area contributed by atoms with Crippen molar-refractivity contribution in [1.82, 2.24) is 15.0 Å². The highest BCUT2D eigenvalue weighted by molar-refractivity contribution is 5.69. The third kappa shape index (κ3) is 3.85. The number of nitro groups is 1. The highest BCUT2D eigenvalue weighted by atomic mass is 16.6. The zero-order valence-electron chi connectivity index (χ0n) is 11.8. The van der Waals surface area contributed by atoms with E-state index in [0.717, 1.165) is 5.56 Å². The number of pyridine rings is 1. The van der Waals surface area contributed by atoms with Gasteiger partial charge in [0, 0.05) is 25.0 Å². The van der Waals surface area contributed by atoms with Crippen molar-refractivity contribution in [2.24, 2.45) is 0 Å². The molecule has 0 fully saturated rings. The highest BCUT2D eigenvalue weighted by Crippen LogP contribution is 2.29. The van der Waals surface area contributed by atoms with Gasteiger partial charge in [-0.05, 0) is 25.5 Å². The summed E-state index contributed by atoms with van der Waals surface area (Å²) >= 11 is 0. The number of hydrogen-bond acceptors (Lipinski definition) is 7. The first-order valence-electron chi connectivity index (χ1n) is 6.46. The van der Waals surface area contributed by atoms with Crippen LogP contribution in [0.3, 0.4) is 0 Å². The monoisotopic (exact) mass is 288 g/mol. The van der Waals surface area contributed by atoms with Crippen LogP contribution in [0.4, 0.5) is 17.3 Å². The normalized spacial score (nSPS) is 10.4. The van der Waals surface area contributed by atoms with Gasteiger partial charge in [0.25, 0.3) is 0 Å². The predicted octanol–water partition coefficient (Wildman–Crippen LogP) is 2.21. The van der Waals surface area contributed by atoms with Gasteiger partial charge in [-0.1, -0.05) is 6.07 Å². The number of rotatable bonds is 6. The molecule has 8 nitrogen and oxygen atoms in total. The first kappa shape index (κ1) is 14.6. The molecule has 110 valence electrons. The van der Waals surface area contributed by atoms with Crippen LogP contribution in [0.5, 0.6) is 0 Å². The summed E-state index contributed by atoms with van der Waals surface area (Å²) in [6.07, 6.45) is 4.65. The largest absolute Gasteiger partial charge is 0.362 e. The van der Waals surface area contributed by atoms with Crippen LogP contribution >= 0.6 is 0 Å². The minimum atomic E-state index is -0.490. The lowest BCUT2D eigenvalue weighted by molar-refractivity contribution is -0.383. The Morgan fingerprint density at radius 3 is 2.71 bits per heavy atom. The van der Waals surface area contributed by atoms with Crippen LogP contribution in [0.25, 0.3) is 0 Å².